The minimum atomic E-state index is -1.89. The zero-order valence-electron chi connectivity index (χ0n) is 20.3. The van der Waals surface area contributed by atoms with Gasteiger partial charge in [0.05, 0.1) is 19.8 Å². The first-order valence-electron chi connectivity index (χ1n) is 12.0. The third kappa shape index (κ3) is 5.80. The van der Waals surface area contributed by atoms with Crippen LogP contribution in [0.1, 0.15) is 6.23 Å². The Morgan fingerprint density at radius 1 is 0.744 bits per heavy atom. The molecule has 3 fully saturated rings. The summed E-state index contributed by atoms with van der Waals surface area (Å²) >= 11 is 0. The van der Waals surface area contributed by atoms with Crippen molar-refractivity contribution in [1.29, 1.82) is 0 Å². The molecule has 1 aromatic rings. The van der Waals surface area contributed by atoms with Crippen molar-refractivity contribution >= 4 is 5.82 Å². The highest BCUT2D eigenvalue weighted by Crippen LogP contribution is 2.35. The topological polar surface area (TPSA) is 289 Å². The molecule has 14 unspecified atom stereocenters. The van der Waals surface area contributed by atoms with E-state index in [-0.39, 0.29) is 5.82 Å². The standard InChI is InChI=1S/C21H33N3O15/c22-9-1-2-24(21(34)23-9)18-15(33)17(7(4-26)35-18)39-20-14(32)12(30)16(8(5-27)37-20)38-19-13(31)11(29)10(28)6(3-25)36-19/h1-2,6-8,10-20,25-33H,3-5H2,(H2,22,23,34). The monoisotopic (exact) mass is 567 g/mol. The van der Waals surface area contributed by atoms with Crippen LogP contribution in [0.3, 0.4) is 0 Å². The van der Waals surface area contributed by atoms with E-state index < -0.39 is 111 Å². The van der Waals surface area contributed by atoms with Crippen LogP contribution < -0.4 is 11.4 Å². The van der Waals surface area contributed by atoms with E-state index >= 15 is 0 Å². The molecule has 0 bridgehead atoms. The average Bonchev–Trinajstić information content (AvgIpc) is 3.22. The maximum Gasteiger partial charge on any atom is 0.351 e. The number of ether oxygens (including phenoxy) is 5. The number of nitrogens with two attached hydrogens (primary N) is 1. The molecule has 4 rings (SSSR count). The van der Waals surface area contributed by atoms with Crippen LogP contribution in [0.15, 0.2) is 17.1 Å². The minimum Gasteiger partial charge on any atom is -0.394 e. The lowest BCUT2D eigenvalue weighted by Crippen LogP contribution is -2.65. The van der Waals surface area contributed by atoms with Gasteiger partial charge in [-0.2, -0.15) is 4.98 Å². The Hall–Kier alpha value is -1.88. The SMILES string of the molecule is Nc1ccn(C2OC(CO)C(OC3OC(CO)C(OC4OC(CO)C(O)C(O)C4O)C(O)C3O)C2O)c(=O)n1. The van der Waals surface area contributed by atoms with Crippen LogP contribution in [0.4, 0.5) is 5.82 Å². The Balaban J connectivity index is 1.47. The van der Waals surface area contributed by atoms with Crippen LogP contribution in [0.5, 0.6) is 0 Å². The maximum atomic E-state index is 12.2. The third-order valence-electron chi connectivity index (χ3n) is 6.87. The van der Waals surface area contributed by atoms with E-state index in [4.69, 9.17) is 29.4 Å². The lowest BCUT2D eigenvalue weighted by atomic mass is 9.97. The summed E-state index contributed by atoms with van der Waals surface area (Å²) in [4.78, 5) is 15.8. The van der Waals surface area contributed by atoms with Gasteiger partial charge in [-0.3, -0.25) is 4.57 Å². The first kappa shape index (κ1) is 30.1. The predicted octanol–water partition coefficient (Wildman–Crippen LogP) is -6.91. The zero-order chi connectivity index (χ0) is 28.6. The zero-order valence-corrected chi connectivity index (χ0v) is 20.3. The molecule has 11 N–H and O–H groups in total. The molecule has 3 aliphatic heterocycles. The largest absolute Gasteiger partial charge is 0.394 e. The number of aliphatic hydroxyl groups excluding tert-OH is 9. The van der Waals surface area contributed by atoms with E-state index in [1.165, 1.54) is 12.3 Å². The second-order valence-electron chi connectivity index (χ2n) is 9.39. The number of rotatable bonds is 8. The highest BCUT2D eigenvalue weighted by molar-refractivity contribution is 5.23. The fraction of sp³-hybridized carbons (Fsp3) is 0.810. The molecular formula is C21H33N3O15. The summed E-state index contributed by atoms with van der Waals surface area (Å²) in [5.74, 6) is -0.0708. The highest BCUT2D eigenvalue weighted by Gasteiger charge is 2.53. The number of nitrogens with zero attached hydrogens (tertiary/aromatic N) is 2. The number of nitrogen functional groups attached to an aromatic ring is 1. The molecule has 0 saturated carbocycles. The summed E-state index contributed by atoms with van der Waals surface area (Å²) in [6.45, 7) is -2.24. The van der Waals surface area contributed by atoms with E-state index in [9.17, 15) is 50.8 Å². The summed E-state index contributed by atoms with van der Waals surface area (Å²) in [7, 11) is 0. The van der Waals surface area contributed by atoms with Crippen molar-refractivity contribution in [2.75, 3.05) is 25.6 Å². The van der Waals surface area contributed by atoms with Crippen LogP contribution >= 0.6 is 0 Å². The molecule has 0 radical (unpaired) electrons. The number of anilines is 1. The summed E-state index contributed by atoms with van der Waals surface area (Å²) in [6.07, 6.45) is -21.2. The van der Waals surface area contributed by atoms with Gasteiger partial charge in [0.1, 0.15) is 73.0 Å². The Morgan fingerprint density at radius 3 is 1.82 bits per heavy atom. The normalized spacial score (nSPS) is 44.9. The third-order valence-corrected chi connectivity index (χ3v) is 6.87. The summed E-state index contributed by atoms with van der Waals surface area (Å²) < 4.78 is 28.4. The molecular weight excluding hydrogens is 534 g/mol. The van der Waals surface area contributed by atoms with Gasteiger partial charge in [0, 0.05) is 6.20 Å². The van der Waals surface area contributed by atoms with Crippen molar-refractivity contribution in [3.63, 3.8) is 0 Å². The van der Waals surface area contributed by atoms with Crippen molar-refractivity contribution in [2.45, 2.75) is 86.0 Å². The first-order chi connectivity index (χ1) is 18.5. The molecule has 0 spiro atoms. The van der Waals surface area contributed by atoms with Crippen molar-refractivity contribution in [3.8, 4) is 0 Å². The van der Waals surface area contributed by atoms with E-state index in [2.05, 4.69) is 4.98 Å². The van der Waals surface area contributed by atoms with Gasteiger partial charge < -0.3 is 75.4 Å². The molecule has 14 atom stereocenters. The molecule has 3 aliphatic rings. The maximum absolute atomic E-state index is 12.2. The predicted molar refractivity (Wildman–Crippen MR) is 121 cm³/mol. The molecule has 0 aromatic carbocycles. The van der Waals surface area contributed by atoms with Gasteiger partial charge in [0.15, 0.2) is 18.8 Å². The van der Waals surface area contributed by atoms with E-state index in [0.717, 1.165) is 4.57 Å². The molecule has 3 saturated heterocycles. The lowest BCUT2D eigenvalue weighted by molar-refractivity contribution is -0.364. The van der Waals surface area contributed by atoms with Crippen molar-refractivity contribution < 1.29 is 69.6 Å². The number of hydrogen-bond donors (Lipinski definition) is 10. The molecule has 18 nitrogen and oxygen atoms in total. The van der Waals surface area contributed by atoms with Gasteiger partial charge in [-0.05, 0) is 6.07 Å². The van der Waals surface area contributed by atoms with Crippen molar-refractivity contribution in [3.05, 3.63) is 22.7 Å². The quantitative estimate of drug-likeness (QED) is 0.140. The minimum absolute atomic E-state index is 0.0708. The van der Waals surface area contributed by atoms with Gasteiger partial charge in [-0.1, -0.05) is 0 Å². The summed E-state index contributed by atoms with van der Waals surface area (Å²) in [5, 5.41) is 91.4. The van der Waals surface area contributed by atoms with Gasteiger partial charge in [0.2, 0.25) is 0 Å². The van der Waals surface area contributed by atoms with E-state index in [0.29, 0.717) is 0 Å². The van der Waals surface area contributed by atoms with Crippen LogP contribution in [-0.4, -0.2) is 155 Å². The number of aromatic nitrogens is 2. The van der Waals surface area contributed by atoms with Gasteiger partial charge in [0.25, 0.3) is 0 Å². The van der Waals surface area contributed by atoms with Gasteiger partial charge in [-0.25, -0.2) is 4.79 Å². The fourth-order valence-corrected chi connectivity index (χ4v) is 4.71. The van der Waals surface area contributed by atoms with Gasteiger partial charge in [-0.15, -0.1) is 0 Å². The highest BCUT2D eigenvalue weighted by atomic mass is 16.7. The molecule has 4 heterocycles. The molecule has 39 heavy (non-hydrogen) atoms. The van der Waals surface area contributed by atoms with Crippen molar-refractivity contribution in [2.24, 2.45) is 0 Å². The molecule has 222 valence electrons. The van der Waals surface area contributed by atoms with Crippen molar-refractivity contribution in [1.82, 2.24) is 9.55 Å². The number of hydrogen-bond acceptors (Lipinski definition) is 17. The average molecular weight is 568 g/mol. The van der Waals surface area contributed by atoms with Crippen LogP contribution in [0, 0.1) is 0 Å². The van der Waals surface area contributed by atoms with Crippen LogP contribution in [-0.2, 0) is 23.7 Å². The fourth-order valence-electron chi connectivity index (χ4n) is 4.71. The summed E-state index contributed by atoms with van der Waals surface area (Å²) in [6, 6.07) is 1.28. The van der Waals surface area contributed by atoms with Crippen LogP contribution in [0.2, 0.25) is 0 Å². The molecule has 0 aliphatic carbocycles. The Morgan fingerprint density at radius 2 is 1.26 bits per heavy atom. The Bertz CT molecular complexity index is 1010. The number of aliphatic hydroxyl groups is 9. The smallest absolute Gasteiger partial charge is 0.351 e. The van der Waals surface area contributed by atoms with Gasteiger partial charge >= 0.3 is 5.69 Å². The molecule has 1 aromatic heterocycles. The summed E-state index contributed by atoms with van der Waals surface area (Å²) in [5.41, 5.74) is 4.62. The second-order valence-corrected chi connectivity index (χ2v) is 9.39. The Kier molecular flexibility index (Phi) is 9.51. The molecule has 18 heteroatoms. The first-order valence-corrected chi connectivity index (χ1v) is 12.0. The van der Waals surface area contributed by atoms with E-state index in [1.54, 1.807) is 0 Å². The second kappa shape index (κ2) is 12.3. The Labute approximate surface area is 219 Å². The lowest BCUT2D eigenvalue weighted by Gasteiger charge is -2.46. The van der Waals surface area contributed by atoms with Crippen LogP contribution in [0.25, 0.3) is 0 Å². The van der Waals surface area contributed by atoms with E-state index in [1.807, 2.05) is 0 Å². The molecule has 0 amide bonds.